The van der Waals surface area contributed by atoms with E-state index in [1.54, 1.807) is 17.7 Å². The number of nitrogens with one attached hydrogen (secondary N) is 2. The first-order chi connectivity index (χ1) is 11.4. The Kier molecular flexibility index (Phi) is 4.78. The average molecular weight is 333 g/mol. The van der Waals surface area contributed by atoms with Gasteiger partial charge in [-0.2, -0.15) is 0 Å². The van der Waals surface area contributed by atoms with Gasteiger partial charge in [-0.1, -0.05) is 6.92 Å². The summed E-state index contributed by atoms with van der Waals surface area (Å²) in [4.78, 5) is 25.1. The Hall–Kier alpha value is -1.66. The van der Waals surface area contributed by atoms with Crippen LogP contribution >= 0.6 is 0 Å². The average Bonchev–Trinajstić information content (AvgIpc) is 2.98. The van der Waals surface area contributed by atoms with Gasteiger partial charge in [-0.15, -0.1) is 0 Å². The Morgan fingerprint density at radius 1 is 1.38 bits per heavy atom. The summed E-state index contributed by atoms with van der Waals surface area (Å²) < 4.78 is 1.55. The summed E-state index contributed by atoms with van der Waals surface area (Å²) >= 11 is 0. The second kappa shape index (κ2) is 6.69. The molecule has 2 fully saturated rings. The molecule has 1 amide bonds. The van der Waals surface area contributed by atoms with Gasteiger partial charge in [-0.25, -0.2) is 0 Å². The van der Waals surface area contributed by atoms with E-state index < -0.39 is 6.10 Å². The summed E-state index contributed by atoms with van der Waals surface area (Å²) in [5.74, 6) is 0.604. The predicted molar refractivity (Wildman–Crippen MR) is 92.1 cm³/mol. The maximum atomic E-state index is 12.6. The minimum Gasteiger partial charge on any atom is -0.391 e. The fourth-order valence-electron chi connectivity index (χ4n) is 4.31. The molecule has 6 heteroatoms. The van der Waals surface area contributed by atoms with Crippen LogP contribution in [0.4, 0.5) is 0 Å². The van der Waals surface area contributed by atoms with Crippen LogP contribution in [0.25, 0.3) is 0 Å². The molecule has 132 valence electrons. The highest BCUT2D eigenvalue weighted by Crippen LogP contribution is 2.33. The highest BCUT2D eigenvalue weighted by molar-refractivity contribution is 5.94. The lowest BCUT2D eigenvalue weighted by Gasteiger charge is -2.35. The zero-order chi connectivity index (χ0) is 17.4. The number of amides is 1. The molecule has 1 saturated carbocycles. The van der Waals surface area contributed by atoms with Crippen molar-refractivity contribution < 1.29 is 9.90 Å². The number of carbonyl (C=O) groups excluding carboxylic acids is 1. The van der Waals surface area contributed by atoms with Crippen molar-refractivity contribution in [2.45, 2.75) is 45.3 Å². The van der Waals surface area contributed by atoms with Gasteiger partial charge in [0.2, 0.25) is 0 Å². The van der Waals surface area contributed by atoms with Crippen LogP contribution in [0.5, 0.6) is 0 Å². The maximum absolute atomic E-state index is 12.6. The Balaban J connectivity index is 1.79. The lowest BCUT2D eigenvalue weighted by molar-refractivity contribution is 0.0461. The molecule has 1 saturated heterocycles. The van der Waals surface area contributed by atoms with E-state index in [9.17, 15) is 14.7 Å². The van der Waals surface area contributed by atoms with Crippen LogP contribution < -0.4 is 16.2 Å². The third-order valence-corrected chi connectivity index (χ3v) is 5.70. The van der Waals surface area contributed by atoms with Crippen molar-refractivity contribution in [2.75, 3.05) is 13.1 Å². The number of aliphatic hydroxyl groups is 1. The SMILES string of the molecule is CCc1c(C)cc(C(=O)N[C@H]2C[C@H]3CNC[C@H]3C[C@@H]2O)c(=O)n1C. The fourth-order valence-corrected chi connectivity index (χ4v) is 4.31. The molecular weight excluding hydrogens is 306 g/mol. The fraction of sp³-hybridized carbons (Fsp3) is 0.667. The number of carbonyl (C=O) groups is 1. The van der Waals surface area contributed by atoms with Gasteiger partial charge in [-0.05, 0) is 62.7 Å². The zero-order valence-electron chi connectivity index (χ0n) is 14.6. The summed E-state index contributed by atoms with van der Waals surface area (Å²) in [6, 6.07) is 1.39. The standard InChI is InChI=1S/C18H27N3O3/c1-4-15-10(2)5-13(18(24)21(15)3)17(23)20-14-6-11-8-19-9-12(11)7-16(14)22/h5,11-12,14,16,19,22H,4,6-9H2,1-3H3,(H,20,23)/t11-,12+,14-,16-/m0/s1. The molecule has 0 bridgehead atoms. The zero-order valence-corrected chi connectivity index (χ0v) is 14.6. The molecule has 0 unspecified atom stereocenters. The van der Waals surface area contributed by atoms with Crippen LogP contribution in [0.1, 0.15) is 41.4 Å². The van der Waals surface area contributed by atoms with E-state index in [4.69, 9.17) is 0 Å². The number of aryl methyl sites for hydroxylation is 1. The molecule has 0 aromatic carbocycles. The van der Waals surface area contributed by atoms with E-state index in [1.165, 1.54) is 0 Å². The molecule has 2 aliphatic rings. The van der Waals surface area contributed by atoms with Crippen molar-refractivity contribution in [3.05, 3.63) is 33.2 Å². The molecule has 1 aliphatic heterocycles. The van der Waals surface area contributed by atoms with Crippen LogP contribution in [0.15, 0.2) is 10.9 Å². The Bertz CT molecular complexity index is 697. The molecule has 3 N–H and O–H groups in total. The third kappa shape index (κ3) is 3.00. The number of rotatable bonds is 3. The van der Waals surface area contributed by atoms with Gasteiger partial charge in [0, 0.05) is 12.7 Å². The van der Waals surface area contributed by atoms with Crippen LogP contribution in [-0.4, -0.2) is 40.8 Å². The minimum absolute atomic E-state index is 0.158. The van der Waals surface area contributed by atoms with Crippen LogP contribution in [-0.2, 0) is 13.5 Å². The highest BCUT2D eigenvalue weighted by atomic mass is 16.3. The maximum Gasteiger partial charge on any atom is 0.263 e. The number of aromatic nitrogens is 1. The van der Waals surface area contributed by atoms with Gasteiger partial charge in [0.1, 0.15) is 5.56 Å². The van der Waals surface area contributed by atoms with Crippen molar-refractivity contribution in [1.29, 1.82) is 0 Å². The lowest BCUT2D eigenvalue weighted by Crippen LogP contribution is -2.50. The molecule has 1 aliphatic carbocycles. The molecule has 1 aromatic rings. The van der Waals surface area contributed by atoms with Gasteiger partial charge in [0.15, 0.2) is 0 Å². The smallest absolute Gasteiger partial charge is 0.263 e. The monoisotopic (exact) mass is 333 g/mol. The molecule has 3 rings (SSSR count). The van der Waals surface area contributed by atoms with E-state index in [1.807, 2.05) is 13.8 Å². The number of hydrogen-bond donors (Lipinski definition) is 3. The molecule has 0 spiro atoms. The Morgan fingerprint density at radius 3 is 2.71 bits per heavy atom. The lowest BCUT2D eigenvalue weighted by atomic mass is 9.77. The molecular formula is C18H27N3O3. The number of nitrogens with zero attached hydrogens (tertiary/aromatic N) is 1. The van der Waals surface area contributed by atoms with Gasteiger partial charge in [0.05, 0.1) is 12.1 Å². The second-order valence-corrected chi connectivity index (χ2v) is 7.20. The van der Waals surface area contributed by atoms with Gasteiger partial charge < -0.3 is 20.3 Å². The van der Waals surface area contributed by atoms with Crippen molar-refractivity contribution in [1.82, 2.24) is 15.2 Å². The van der Waals surface area contributed by atoms with Crippen molar-refractivity contribution >= 4 is 5.91 Å². The first kappa shape index (κ1) is 17.2. The third-order valence-electron chi connectivity index (χ3n) is 5.70. The normalized spacial score (nSPS) is 29.3. The number of pyridine rings is 1. The van der Waals surface area contributed by atoms with Crippen LogP contribution in [0, 0.1) is 18.8 Å². The Labute approximate surface area is 142 Å². The second-order valence-electron chi connectivity index (χ2n) is 7.20. The van der Waals surface area contributed by atoms with Crippen molar-refractivity contribution in [2.24, 2.45) is 18.9 Å². The number of aliphatic hydroxyl groups excluding tert-OH is 1. The van der Waals surface area contributed by atoms with Crippen molar-refractivity contribution in [3.8, 4) is 0 Å². The van der Waals surface area contributed by atoms with E-state index >= 15 is 0 Å². The van der Waals surface area contributed by atoms with E-state index in [0.29, 0.717) is 18.3 Å². The van der Waals surface area contributed by atoms with E-state index in [2.05, 4.69) is 10.6 Å². The first-order valence-electron chi connectivity index (χ1n) is 8.81. The van der Waals surface area contributed by atoms with Gasteiger partial charge in [-0.3, -0.25) is 9.59 Å². The molecule has 2 heterocycles. The summed E-state index contributed by atoms with van der Waals surface area (Å²) in [6.07, 6.45) is 1.66. The molecule has 6 nitrogen and oxygen atoms in total. The van der Waals surface area contributed by atoms with Gasteiger partial charge >= 0.3 is 0 Å². The number of hydrogen-bond acceptors (Lipinski definition) is 4. The minimum atomic E-state index is -0.546. The van der Waals surface area contributed by atoms with E-state index in [-0.39, 0.29) is 23.1 Å². The van der Waals surface area contributed by atoms with Gasteiger partial charge in [0.25, 0.3) is 11.5 Å². The summed E-state index contributed by atoms with van der Waals surface area (Å²) in [6.45, 7) is 5.79. The molecule has 4 atom stereocenters. The predicted octanol–water partition coefficient (Wildman–Crippen LogP) is 0.345. The van der Waals surface area contributed by atoms with E-state index in [0.717, 1.165) is 37.2 Å². The first-order valence-corrected chi connectivity index (χ1v) is 8.81. The quantitative estimate of drug-likeness (QED) is 0.745. The van der Waals surface area contributed by atoms with Crippen molar-refractivity contribution in [3.63, 3.8) is 0 Å². The van der Waals surface area contributed by atoms with Crippen LogP contribution in [0.3, 0.4) is 0 Å². The topological polar surface area (TPSA) is 83.4 Å². The Morgan fingerprint density at radius 2 is 2.04 bits per heavy atom. The summed E-state index contributed by atoms with van der Waals surface area (Å²) in [7, 11) is 1.70. The molecule has 0 radical (unpaired) electrons. The summed E-state index contributed by atoms with van der Waals surface area (Å²) in [5, 5.41) is 16.6. The highest BCUT2D eigenvalue weighted by Gasteiger charge is 2.39. The largest absolute Gasteiger partial charge is 0.391 e. The molecule has 1 aromatic heterocycles. The van der Waals surface area contributed by atoms with Crippen LogP contribution in [0.2, 0.25) is 0 Å². The number of fused-ring (bicyclic) bond motifs is 1. The molecule has 24 heavy (non-hydrogen) atoms. The summed E-state index contributed by atoms with van der Waals surface area (Å²) in [5.41, 5.74) is 1.76.